The molecule has 0 bridgehead atoms. The van der Waals surface area contributed by atoms with E-state index in [2.05, 4.69) is 0 Å². The monoisotopic (exact) mass is 310 g/mol. The van der Waals surface area contributed by atoms with Crippen LogP contribution in [0.3, 0.4) is 0 Å². The molecule has 0 saturated heterocycles. The molecule has 1 saturated carbocycles. The van der Waals surface area contributed by atoms with Gasteiger partial charge in [0.2, 0.25) is 10.0 Å². The van der Waals surface area contributed by atoms with Crippen LogP contribution in [0.2, 0.25) is 0 Å². The van der Waals surface area contributed by atoms with Gasteiger partial charge in [0.15, 0.2) is 0 Å². The first-order valence-corrected chi connectivity index (χ1v) is 9.39. The number of nitrogens with two attached hydrogens (primary N) is 1. The highest BCUT2D eigenvalue weighted by molar-refractivity contribution is 7.88. The molecule has 0 heterocycles. The third-order valence-corrected chi connectivity index (χ3v) is 6.34. The van der Waals surface area contributed by atoms with Crippen molar-refractivity contribution in [1.29, 1.82) is 0 Å². The molecule has 21 heavy (non-hydrogen) atoms. The molecule has 0 radical (unpaired) electrons. The van der Waals surface area contributed by atoms with Crippen LogP contribution >= 0.6 is 0 Å². The van der Waals surface area contributed by atoms with Crippen LogP contribution in [0.4, 0.5) is 0 Å². The zero-order valence-electron chi connectivity index (χ0n) is 12.8. The summed E-state index contributed by atoms with van der Waals surface area (Å²) in [5.74, 6) is 0.0651. The largest absolute Gasteiger partial charge is 0.329 e. The van der Waals surface area contributed by atoms with Gasteiger partial charge in [0, 0.05) is 18.6 Å². The Bertz CT molecular complexity index is 537. The van der Waals surface area contributed by atoms with E-state index in [1.165, 1.54) is 0 Å². The summed E-state index contributed by atoms with van der Waals surface area (Å²) >= 11 is 0. The Morgan fingerprint density at radius 2 is 1.81 bits per heavy atom. The molecule has 1 aromatic carbocycles. The van der Waals surface area contributed by atoms with Crippen molar-refractivity contribution < 1.29 is 8.42 Å². The normalized spacial score (nSPS) is 18.2. The third kappa shape index (κ3) is 3.65. The summed E-state index contributed by atoms with van der Waals surface area (Å²) in [5, 5.41) is 0. The lowest BCUT2D eigenvalue weighted by Gasteiger charge is -2.39. The summed E-state index contributed by atoms with van der Waals surface area (Å²) in [6, 6.07) is 9.39. The summed E-state index contributed by atoms with van der Waals surface area (Å²) < 4.78 is 27.5. The van der Waals surface area contributed by atoms with Gasteiger partial charge in [0.05, 0.1) is 5.75 Å². The number of benzene rings is 1. The third-order valence-electron chi connectivity index (χ3n) is 4.40. The van der Waals surface area contributed by atoms with E-state index in [1.807, 2.05) is 37.3 Å². The summed E-state index contributed by atoms with van der Waals surface area (Å²) in [6.45, 7) is 3.00. The molecule has 118 valence electrons. The van der Waals surface area contributed by atoms with Crippen LogP contribution in [0.25, 0.3) is 0 Å². The number of hydrogen-bond donors (Lipinski definition) is 1. The molecule has 0 amide bonds. The van der Waals surface area contributed by atoms with Gasteiger partial charge in [-0.25, -0.2) is 8.42 Å². The molecule has 0 aromatic heterocycles. The zero-order valence-corrected chi connectivity index (χ0v) is 13.6. The van der Waals surface area contributed by atoms with Gasteiger partial charge in [0.1, 0.15) is 0 Å². The van der Waals surface area contributed by atoms with Crippen LogP contribution in [0.15, 0.2) is 30.3 Å². The van der Waals surface area contributed by atoms with Crippen molar-refractivity contribution in [1.82, 2.24) is 4.31 Å². The minimum Gasteiger partial charge on any atom is -0.329 e. The van der Waals surface area contributed by atoms with E-state index in [-0.39, 0.29) is 11.3 Å². The lowest BCUT2D eigenvalue weighted by molar-refractivity contribution is 0.197. The molecule has 5 heteroatoms. The summed E-state index contributed by atoms with van der Waals surface area (Å²) in [5.41, 5.74) is 6.46. The molecule has 0 spiro atoms. The Morgan fingerprint density at radius 3 is 2.33 bits per heavy atom. The summed E-state index contributed by atoms with van der Waals surface area (Å²) in [6.07, 6.45) is 4.72. The van der Waals surface area contributed by atoms with Crippen LogP contribution < -0.4 is 5.73 Å². The Kier molecular flexibility index (Phi) is 5.41. The molecule has 1 aliphatic carbocycles. The van der Waals surface area contributed by atoms with Crippen molar-refractivity contribution in [3.63, 3.8) is 0 Å². The highest BCUT2D eigenvalue weighted by Gasteiger charge is 2.43. The second-order valence-corrected chi connectivity index (χ2v) is 7.84. The van der Waals surface area contributed by atoms with Gasteiger partial charge < -0.3 is 5.73 Å². The maximum atomic E-state index is 12.9. The highest BCUT2D eigenvalue weighted by Crippen LogP contribution is 2.37. The van der Waals surface area contributed by atoms with Crippen molar-refractivity contribution in [2.75, 3.05) is 13.1 Å². The SMILES string of the molecule is CCCN(C1(CN)CCCC1)S(=O)(=O)Cc1ccccc1. The molecule has 4 nitrogen and oxygen atoms in total. The molecule has 2 rings (SSSR count). The van der Waals surface area contributed by atoms with E-state index in [0.717, 1.165) is 37.7 Å². The maximum absolute atomic E-state index is 12.9. The molecule has 0 atom stereocenters. The first-order chi connectivity index (χ1) is 10.0. The molecule has 1 fully saturated rings. The maximum Gasteiger partial charge on any atom is 0.218 e. The number of rotatable bonds is 7. The zero-order chi connectivity index (χ0) is 15.3. The van der Waals surface area contributed by atoms with Crippen LogP contribution in [-0.2, 0) is 15.8 Å². The number of hydrogen-bond acceptors (Lipinski definition) is 3. The highest BCUT2D eigenvalue weighted by atomic mass is 32.2. The fourth-order valence-corrected chi connectivity index (χ4v) is 5.40. The number of nitrogens with zero attached hydrogens (tertiary/aromatic N) is 1. The fraction of sp³-hybridized carbons (Fsp3) is 0.625. The average molecular weight is 310 g/mol. The first-order valence-electron chi connectivity index (χ1n) is 7.78. The molecule has 1 aromatic rings. The van der Waals surface area contributed by atoms with Gasteiger partial charge in [-0.1, -0.05) is 50.1 Å². The Labute approximate surface area is 128 Å². The van der Waals surface area contributed by atoms with Gasteiger partial charge in [-0.2, -0.15) is 4.31 Å². The first kappa shape index (κ1) is 16.5. The molecule has 0 aliphatic heterocycles. The Hall–Kier alpha value is -0.910. The number of sulfonamides is 1. The van der Waals surface area contributed by atoms with Crippen molar-refractivity contribution >= 4 is 10.0 Å². The minimum absolute atomic E-state index is 0.0651. The van der Waals surface area contributed by atoms with Gasteiger partial charge in [-0.05, 0) is 24.8 Å². The topological polar surface area (TPSA) is 63.4 Å². The van der Waals surface area contributed by atoms with E-state index in [9.17, 15) is 8.42 Å². The minimum atomic E-state index is -3.34. The molecular weight excluding hydrogens is 284 g/mol. The Morgan fingerprint density at radius 1 is 1.19 bits per heavy atom. The van der Waals surface area contributed by atoms with Crippen molar-refractivity contribution in [2.24, 2.45) is 5.73 Å². The standard InChI is InChI=1S/C16H26N2O2S/c1-2-12-18(16(14-17)10-6-7-11-16)21(19,20)13-15-8-4-3-5-9-15/h3-5,8-9H,2,6-7,10-14,17H2,1H3. The predicted octanol–water partition coefficient (Wildman–Crippen LogP) is 2.50. The summed E-state index contributed by atoms with van der Waals surface area (Å²) in [7, 11) is -3.34. The van der Waals surface area contributed by atoms with Crippen LogP contribution in [0.1, 0.15) is 44.6 Å². The molecule has 2 N–H and O–H groups in total. The van der Waals surface area contributed by atoms with Gasteiger partial charge in [0.25, 0.3) is 0 Å². The smallest absolute Gasteiger partial charge is 0.218 e. The van der Waals surface area contributed by atoms with Crippen molar-refractivity contribution in [3.05, 3.63) is 35.9 Å². The van der Waals surface area contributed by atoms with Crippen LogP contribution in [0, 0.1) is 0 Å². The quantitative estimate of drug-likeness (QED) is 0.841. The Balaban J connectivity index is 2.28. The van der Waals surface area contributed by atoms with Crippen molar-refractivity contribution in [2.45, 2.75) is 50.3 Å². The second kappa shape index (κ2) is 6.90. The predicted molar refractivity (Wildman–Crippen MR) is 86.3 cm³/mol. The van der Waals surface area contributed by atoms with E-state index in [1.54, 1.807) is 4.31 Å². The van der Waals surface area contributed by atoms with E-state index in [4.69, 9.17) is 5.73 Å². The molecular formula is C16H26N2O2S. The van der Waals surface area contributed by atoms with E-state index in [0.29, 0.717) is 13.1 Å². The average Bonchev–Trinajstić information content (AvgIpc) is 2.95. The van der Waals surface area contributed by atoms with Crippen LogP contribution in [-0.4, -0.2) is 31.4 Å². The molecule has 1 aliphatic rings. The van der Waals surface area contributed by atoms with E-state index >= 15 is 0 Å². The summed E-state index contributed by atoms with van der Waals surface area (Å²) in [4.78, 5) is 0. The lowest BCUT2D eigenvalue weighted by Crippen LogP contribution is -2.55. The van der Waals surface area contributed by atoms with Gasteiger partial charge >= 0.3 is 0 Å². The van der Waals surface area contributed by atoms with Crippen molar-refractivity contribution in [3.8, 4) is 0 Å². The molecule has 0 unspecified atom stereocenters. The van der Waals surface area contributed by atoms with Gasteiger partial charge in [-0.15, -0.1) is 0 Å². The fourth-order valence-electron chi connectivity index (χ4n) is 3.33. The second-order valence-electron chi connectivity index (χ2n) is 5.95. The lowest BCUT2D eigenvalue weighted by atomic mass is 9.98. The van der Waals surface area contributed by atoms with Crippen LogP contribution in [0.5, 0.6) is 0 Å². The van der Waals surface area contributed by atoms with Gasteiger partial charge in [-0.3, -0.25) is 0 Å². The van der Waals surface area contributed by atoms with E-state index < -0.39 is 10.0 Å².